The highest BCUT2D eigenvalue weighted by atomic mass is 32.1. The predicted molar refractivity (Wildman–Crippen MR) is 201 cm³/mol. The highest BCUT2D eigenvalue weighted by molar-refractivity contribution is 7.18. The van der Waals surface area contributed by atoms with Crippen LogP contribution in [0.2, 0.25) is 0 Å². The largest absolute Gasteiger partial charge is 0.369 e. The molecular weight excluding hydrogens is 667 g/mol. The Morgan fingerprint density at radius 2 is 0.854 bits per heavy atom. The number of fused-ring (bicyclic) bond motifs is 9. The molecule has 48 heavy (non-hydrogen) atoms. The van der Waals surface area contributed by atoms with Gasteiger partial charge in [-0.1, -0.05) is 22.3 Å². The maximum absolute atomic E-state index is 5.76. The SMILES string of the molecule is C.C.C.CNCC1OCCn2nc3ccsc3c21.CNC[C@@H]1OCCn2nc3ccsc3c21.CNC[C@H]1OCCn2nc3ccsc3c21. The van der Waals surface area contributed by atoms with Gasteiger partial charge in [0.2, 0.25) is 0 Å². The van der Waals surface area contributed by atoms with E-state index in [1.54, 1.807) is 34.0 Å². The van der Waals surface area contributed by atoms with Crippen molar-refractivity contribution in [3.05, 3.63) is 51.4 Å². The third-order valence-electron chi connectivity index (χ3n) is 8.10. The summed E-state index contributed by atoms with van der Waals surface area (Å²) < 4.78 is 27.4. The fourth-order valence-corrected chi connectivity index (χ4v) is 8.94. The zero-order chi connectivity index (χ0) is 30.8. The first-order valence-electron chi connectivity index (χ1n) is 15.3. The topological polar surface area (TPSA) is 117 Å². The van der Waals surface area contributed by atoms with E-state index in [0.717, 1.165) is 75.6 Å². The molecule has 1 unspecified atom stereocenters. The van der Waals surface area contributed by atoms with Crippen LogP contribution in [0, 0.1) is 0 Å². The monoisotopic (exact) mass is 717 g/mol. The molecule has 0 aliphatic carbocycles. The Hall–Kier alpha value is -2.73. The Balaban J connectivity index is 0.000000158. The van der Waals surface area contributed by atoms with E-state index in [1.165, 1.54) is 31.2 Å². The van der Waals surface area contributed by atoms with Gasteiger partial charge in [0, 0.05) is 19.6 Å². The van der Waals surface area contributed by atoms with Crippen LogP contribution in [0.25, 0.3) is 30.6 Å². The number of hydrogen-bond acceptors (Lipinski definition) is 12. The summed E-state index contributed by atoms with van der Waals surface area (Å²) >= 11 is 5.24. The maximum atomic E-state index is 5.76. The Kier molecular flexibility index (Phi) is 13.7. The zero-order valence-electron chi connectivity index (χ0n) is 25.7. The second-order valence-corrected chi connectivity index (χ2v) is 13.7. The minimum Gasteiger partial charge on any atom is -0.369 e. The molecule has 3 N–H and O–H groups in total. The highest BCUT2D eigenvalue weighted by Crippen LogP contribution is 2.34. The molecule has 0 fully saturated rings. The van der Waals surface area contributed by atoms with E-state index < -0.39 is 0 Å². The van der Waals surface area contributed by atoms with E-state index in [2.05, 4.69) is 79.6 Å². The van der Waals surface area contributed by atoms with Gasteiger partial charge in [0.1, 0.15) is 34.9 Å². The van der Waals surface area contributed by atoms with Crippen molar-refractivity contribution in [1.29, 1.82) is 0 Å². The second kappa shape index (κ2) is 17.3. The van der Waals surface area contributed by atoms with Gasteiger partial charge in [-0.2, -0.15) is 15.3 Å². The summed E-state index contributed by atoms with van der Waals surface area (Å²) in [5.41, 5.74) is 7.01. The van der Waals surface area contributed by atoms with Crippen molar-refractivity contribution < 1.29 is 14.2 Å². The van der Waals surface area contributed by atoms with Crippen LogP contribution in [0.5, 0.6) is 0 Å². The molecule has 6 aromatic rings. The number of likely N-dealkylation sites (N-methyl/N-ethyl adjacent to an activating group) is 3. The quantitative estimate of drug-likeness (QED) is 0.189. The Labute approximate surface area is 295 Å². The Morgan fingerprint density at radius 1 is 0.562 bits per heavy atom. The van der Waals surface area contributed by atoms with E-state index >= 15 is 0 Å². The van der Waals surface area contributed by atoms with Gasteiger partial charge in [0.25, 0.3) is 0 Å². The lowest BCUT2D eigenvalue weighted by Gasteiger charge is -2.24. The fourth-order valence-electron chi connectivity index (χ4n) is 6.17. The van der Waals surface area contributed by atoms with E-state index in [0.29, 0.717) is 0 Å². The molecule has 9 heterocycles. The molecule has 3 aliphatic rings. The van der Waals surface area contributed by atoms with Crippen LogP contribution < -0.4 is 16.0 Å². The second-order valence-electron chi connectivity index (χ2n) is 11.0. The molecule has 0 aromatic carbocycles. The van der Waals surface area contributed by atoms with E-state index in [4.69, 9.17) is 14.2 Å². The number of rotatable bonds is 6. The van der Waals surface area contributed by atoms with Crippen molar-refractivity contribution >= 4 is 64.7 Å². The first-order valence-corrected chi connectivity index (χ1v) is 17.9. The maximum Gasteiger partial charge on any atom is 0.113 e. The molecule has 9 rings (SSSR count). The van der Waals surface area contributed by atoms with Gasteiger partial charge in [-0.15, -0.1) is 34.0 Å². The van der Waals surface area contributed by atoms with Gasteiger partial charge in [-0.25, -0.2) is 0 Å². The number of thiophene rings is 3. The summed E-state index contributed by atoms with van der Waals surface area (Å²) in [6, 6.07) is 6.21. The number of ether oxygens (including phenoxy) is 3. The molecule has 15 heteroatoms. The van der Waals surface area contributed by atoms with Gasteiger partial charge >= 0.3 is 0 Å². The number of aromatic nitrogens is 6. The van der Waals surface area contributed by atoms with Crippen molar-refractivity contribution in [2.45, 2.75) is 60.2 Å². The third-order valence-corrected chi connectivity index (χ3v) is 10.9. The first-order chi connectivity index (χ1) is 22.2. The Morgan fingerprint density at radius 3 is 1.12 bits per heavy atom. The van der Waals surface area contributed by atoms with Gasteiger partial charge in [0.05, 0.1) is 70.6 Å². The molecule has 264 valence electrons. The van der Waals surface area contributed by atoms with E-state index in [1.807, 2.05) is 21.1 Å². The molecule has 3 aliphatic heterocycles. The van der Waals surface area contributed by atoms with Gasteiger partial charge in [-0.3, -0.25) is 14.0 Å². The van der Waals surface area contributed by atoms with Crippen molar-refractivity contribution in [1.82, 2.24) is 45.3 Å². The molecule has 3 atom stereocenters. The minimum atomic E-state index is 0. The summed E-state index contributed by atoms with van der Waals surface area (Å²) in [7, 11) is 5.85. The van der Waals surface area contributed by atoms with Crippen molar-refractivity contribution in [3.63, 3.8) is 0 Å². The lowest BCUT2D eigenvalue weighted by Crippen LogP contribution is -2.28. The molecule has 0 saturated carbocycles. The van der Waals surface area contributed by atoms with Gasteiger partial charge in [0.15, 0.2) is 0 Å². The van der Waals surface area contributed by atoms with Crippen molar-refractivity contribution in [2.75, 3.05) is 60.6 Å². The smallest absolute Gasteiger partial charge is 0.113 e. The standard InChI is InChI=1S/3C10H13N3OS.3CH4/c3*1-11-6-8-9-10-7(2-5-15-10)12-13(9)3-4-14-8;;;/h3*2,5,8,11H,3-4,6H2,1H3;3*1H4/t2*8-;;;;/m10..../s1. The molecule has 0 spiro atoms. The summed E-state index contributed by atoms with van der Waals surface area (Å²) in [5.74, 6) is 0. The van der Waals surface area contributed by atoms with Crippen LogP contribution in [0.15, 0.2) is 34.3 Å². The van der Waals surface area contributed by atoms with Crippen LogP contribution in [-0.4, -0.2) is 89.9 Å². The first kappa shape index (κ1) is 38.1. The third kappa shape index (κ3) is 7.39. The number of nitrogens with one attached hydrogen (secondary N) is 3. The molecule has 0 bridgehead atoms. The molecule has 0 amide bonds. The van der Waals surface area contributed by atoms with Crippen LogP contribution in [0.4, 0.5) is 0 Å². The molecular formula is C33H51N9O3S3. The molecule has 6 aromatic heterocycles. The fraction of sp³-hybridized carbons (Fsp3) is 0.545. The number of hydrogen-bond donors (Lipinski definition) is 3. The molecule has 0 saturated heterocycles. The predicted octanol–water partition coefficient (Wildman–Crippen LogP) is 6.07. The summed E-state index contributed by atoms with van der Waals surface area (Å²) in [6.45, 7) is 7.43. The molecule has 12 nitrogen and oxygen atoms in total. The van der Waals surface area contributed by atoms with Crippen molar-refractivity contribution in [3.8, 4) is 0 Å². The minimum absolute atomic E-state index is 0. The normalized spacial score (nSPS) is 19.4. The Bertz CT molecular complexity index is 1640. The molecule has 0 radical (unpaired) electrons. The van der Waals surface area contributed by atoms with Crippen LogP contribution in [0.1, 0.15) is 57.7 Å². The van der Waals surface area contributed by atoms with Gasteiger partial charge in [-0.05, 0) is 55.5 Å². The summed E-state index contributed by atoms with van der Waals surface area (Å²) in [5, 5.41) is 29.4. The van der Waals surface area contributed by atoms with Crippen LogP contribution in [0.3, 0.4) is 0 Å². The lowest BCUT2D eigenvalue weighted by atomic mass is 10.2. The van der Waals surface area contributed by atoms with Gasteiger partial charge < -0.3 is 30.2 Å². The van der Waals surface area contributed by atoms with Crippen LogP contribution in [-0.2, 0) is 33.8 Å². The lowest BCUT2D eigenvalue weighted by molar-refractivity contribution is 0.0195. The van der Waals surface area contributed by atoms with E-state index in [9.17, 15) is 0 Å². The zero-order valence-corrected chi connectivity index (χ0v) is 28.1. The highest BCUT2D eigenvalue weighted by Gasteiger charge is 2.27. The summed E-state index contributed by atoms with van der Waals surface area (Å²) in [6.07, 6.45) is 0.437. The summed E-state index contributed by atoms with van der Waals surface area (Å²) in [4.78, 5) is 0. The average molecular weight is 718 g/mol. The van der Waals surface area contributed by atoms with Crippen molar-refractivity contribution in [2.24, 2.45) is 0 Å². The van der Waals surface area contributed by atoms with E-state index in [-0.39, 0.29) is 40.6 Å². The number of nitrogens with zero attached hydrogens (tertiary/aromatic N) is 6. The van der Waals surface area contributed by atoms with Crippen LogP contribution >= 0.6 is 34.0 Å². The average Bonchev–Trinajstić information content (AvgIpc) is 3.87.